The number of hydrogen-bond acceptors (Lipinski definition) is 4. The Labute approximate surface area is 98.8 Å². The average molecular weight is 261 g/mol. The molecule has 0 unspecified atom stereocenters. The number of fused-ring (bicyclic) bond motifs is 1. The molecule has 0 saturated carbocycles. The van der Waals surface area contributed by atoms with Gasteiger partial charge in [0.25, 0.3) is 0 Å². The maximum Gasteiger partial charge on any atom is 0.212 e. The van der Waals surface area contributed by atoms with Crippen molar-refractivity contribution in [2.75, 3.05) is 0 Å². The molecule has 0 atom stereocenters. The summed E-state index contributed by atoms with van der Waals surface area (Å²) in [5.74, 6) is 0. The zero-order valence-corrected chi connectivity index (χ0v) is 9.96. The summed E-state index contributed by atoms with van der Waals surface area (Å²) in [6, 6.07) is 8.68. The van der Waals surface area contributed by atoms with Crippen LogP contribution in [0.5, 0.6) is 0 Å². The summed E-state index contributed by atoms with van der Waals surface area (Å²) in [5.41, 5.74) is 1.33. The van der Waals surface area contributed by atoms with Crippen LogP contribution in [0.2, 0.25) is 0 Å². The van der Waals surface area contributed by atoms with Gasteiger partial charge in [-0.25, -0.2) is 18.6 Å². The van der Waals surface area contributed by atoms with Crippen LogP contribution in [-0.2, 0) is 0 Å². The number of benzene rings is 1. The monoisotopic (exact) mass is 260 g/mol. The first-order chi connectivity index (χ1) is 7.36. The molecule has 4 nitrogen and oxygen atoms in total. The van der Waals surface area contributed by atoms with E-state index in [4.69, 9.17) is 18.6 Å². The quantitative estimate of drug-likeness (QED) is 0.553. The van der Waals surface area contributed by atoms with Gasteiger partial charge >= 0.3 is 0 Å². The molecule has 0 amide bonds. The fraction of sp³-hybridized carbons (Fsp3) is 0.100. The first kappa shape index (κ1) is 13.2. The predicted octanol–water partition coefficient (Wildman–Crippen LogP) is -1.27. The van der Waals surface area contributed by atoms with Gasteiger partial charge in [0.2, 0.25) is 16.7 Å². The molecule has 0 aliphatic heterocycles. The van der Waals surface area contributed by atoms with E-state index in [1.165, 1.54) is 16.3 Å². The van der Waals surface area contributed by atoms with Gasteiger partial charge in [-0.1, -0.05) is 17.7 Å². The van der Waals surface area contributed by atoms with Crippen LogP contribution < -0.4 is 18.6 Å². The third-order valence-corrected chi connectivity index (χ3v) is 2.45. The van der Waals surface area contributed by atoms with E-state index in [1.807, 2.05) is 0 Å². The van der Waals surface area contributed by atoms with Crippen molar-refractivity contribution in [3.05, 3.63) is 40.6 Å². The Morgan fingerprint density at radius 3 is 2.25 bits per heavy atom. The molecule has 2 aromatic rings. The van der Waals surface area contributed by atoms with Crippen molar-refractivity contribution in [2.45, 2.75) is 6.92 Å². The lowest BCUT2D eigenvalue weighted by Crippen LogP contribution is -2.68. The highest BCUT2D eigenvalue weighted by atomic mass is 35.7. The lowest BCUT2D eigenvalue weighted by atomic mass is 10.1. The van der Waals surface area contributed by atoms with E-state index in [1.54, 1.807) is 11.3 Å². The Morgan fingerprint density at radius 2 is 1.62 bits per heavy atom. The number of rotatable bonds is 0. The molecule has 0 bridgehead atoms. The third kappa shape index (κ3) is 5.32. The maximum atomic E-state index is 8.49. The first-order valence-electron chi connectivity index (χ1n) is 4.24. The second kappa shape index (κ2) is 5.49. The third-order valence-electron chi connectivity index (χ3n) is 1.76. The Hall–Kier alpha value is -0.820. The summed E-state index contributed by atoms with van der Waals surface area (Å²) in [6.45, 7) is 2.12. The van der Waals surface area contributed by atoms with Crippen LogP contribution in [-0.4, -0.2) is 0 Å². The molecular weight excluding hydrogens is 252 g/mol. The predicted molar refractivity (Wildman–Crippen MR) is 51.0 cm³/mol. The molecular formula is C10H9ClO4S. The molecule has 0 saturated heterocycles. The lowest BCUT2D eigenvalue weighted by molar-refractivity contribution is -2.00. The van der Waals surface area contributed by atoms with Crippen molar-refractivity contribution in [1.29, 1.82) is 0 Å². The van der Waals surface area contributed by atoms with Crippen LogP contribution in [0.3, 0.4) is 0 Å². The molecule has 0 aliphatic carbocycles. The summed E-state index contributed by atoms with van der Waals surface area (Å²) < 4.78 is 34.0. The molecule has 1 aromatic heterocycles. The second-order valence-electron chi connectivity index (χ2n) is 3.07. The van der Waals surface area contributed by atoms with Crippen LogP contribution in [0.15, 0.2) is 35.0 Å². The summed E-state index contributed by atoms with van der Waals surface area (Å²) >= 11 is 1.74. The van der Waals surface area contributed by atoms with Gasteiger partial charge in [-0.3, -0.25) is 0 Å². The van der Waals surface area contributed by atoms with Crippen LogP contribution >= 0.6 is 11.3 Å². The molecule has 0 aliphatic rings. The Balaban J connectivity index is 0.000000221. The molecule has 0 spiro atoms. The second-order valence-corrected chi connectivity index (χ2v) is 4.60. The van der Waals surface area contributed by atoms with Crippen LogP contribution in [0.1, 0.15) is 5.56 Å². The number of halogens is 1. The van der Waals surface area contributed by atoms with E-state index >= 15 is 0 Å². The van der Waals surface area contributed by atoms with E-state index in [9.17, 15) is 0 Å². The fourth-order valence-corrected chi connectivity index (χ4v) is 1.83. The van der Waals surface area contributed by atoms with E-state index in [2.05, 4.69) is 41.9 Å². The molecule has 16 heavy (non-hydrogen) atoms. The standard InChI is InChI=1S/C10H9S.ClHO4/c1-8-2-3-9-4-5-11-7-10(9)6-8;2-1(3,4)5/h2-7H,1H3;(H,2,3,4,5)/q+1;/p-1. The van der Waals surface area contributed by atoms with E-state index in [0.717, 1.165) is 0 Å². The molecule has 0 fully saturated rings. The van der Waals surface area contributed by atoms with Crippen LogP contribution in [0.25, 0.3) is 10.8 Å². The maximum absolute atomic E-state index is 8.49. The number of aryl methyl sites for hydroxylation is 1. The number of hydrogen-bond donors (Lipinski definition) is 0. The fourth-order valence-electron chi connectivity index (χ4n) is 1.17. The van der Waals surface area contributed by atoms with Gasteiger partial charge in [0.1, 0.15) is 0 Å². The largest absolute Gasteiger partial charge is 0.222 e. The van der Waals surface area contributed by atoms with Crippen molar-refractivity contribution in [2.24, 2.45) is 0 Å². The highest BCUT2D eigenvalue weighted by molar-refractivity contribution is 7.08. The molecule has 0 N–H and O–H groups in total. The minimum Gasteiger partial charge on any atom is -0.222 e. The summed E-state index contributed by atoms with van der Waals surface area (Å²) in [5, 5.41) is 6.96. The zero-order valence-electron chi connectivity index (χ0n) is 8.38. The van der Waals surface area contributed by atoms with Crippen molar-refractivity contribution in [1.82, 2.24) is 0 Å². The molecule has 0 radical (unpaired) electrons. The molecule has 1 heterocycles. The molecule has 86 valence electrons. The molecule has 1 aromatic carbocycles. The molecule has 6 heteroatoms. The Bertz CT molecular complexity index is 464. The average Bonchev–Trinajstić information content (AvgIpc) is 2.15. The van der Waals surface area contributed by atoms with Crippen LogP contribution in [0.4, 0.5) is 0 Å². The SMILES string of the molecule is Cc1ccc2cc[s+]cc2c1.[O-][Cl+3]([O-])([O-])[O-]. The van der Waals surface area contributed by atoms with Crippen molar-refractivity contribution in [3.8, 4) is 0 Å². The van der Waals surface area contributed by atoms with Crippen molar-refractivity contribution >= 4 is 22.1 Å². The zero-order chi connectivity index (χ0) is 12.2. The van der Waals surface area contributed by atoms with Gasteiger partial charge in [0.15, 0.2) is 5.38 Å². The topological polar surface area (TPSA) is 92.2 Å². The summed E-state index contributed by atoms with van der Waals surface area (Å²) in [6.07, 6.45) is 0. The van der Waals surface area contributed by atoms with Crippen molar-refractivity contribution < 1.29 is 28.9 Å². The van der Waals surface area contributed by atoms with Gasteiger partial charge < -0.3 is 0 Å². The molecule has 2 rings (SSSR count). The van der Waals surface area contributed by atoms with Gasteiger partial charge in [0.05, 0.1) is 0 Å². The minimum absolute atomic E-state index is 1.33. The van der Waals surface area contributed by atoms with Gasteiger partial charge in [-0.05, 0) is 18.4 Å². The van der Waals surface area contributed by atoms with Gasteiger partial charge in [-0.15, -0.1) is 10.2 Å². The van der Waals surface area contributed by atoms with Gasteiger partial charge in [-0.2, -0.15) is 0 Å². The smallest absolute Gasteiger partial charge is 0.212 e. The lowest BCUT2D eigenvalue weighted by Gasteiger charge is -2.17. The highest BCUT2D eigenvalue weighted by Crippen LogP contribution is 2.16. The minimum atomic E-state index is -4.94. The van der Waals surface area contributed by atoms with Crippen LogP contribution in [0, 0.1) is 17.2 Å². The Kier molecular flexibility index (Phi) is 4.55. The van der Waals surface area contributed by atoms with E-state index < -0.39 is 10.2 Å². The van der Waals surface area contributed by atoms with E-state index in [0.29, 0.717) is 0 Å². The summed E-state index contributed by atoms with van der Waals surface area (Å²) in [7, 11) is -4.94. The van der Waals surface area contributed by atoms with Crippen molar-refractivity contribution in [3.63, 3.8) is 0 Å². The van der Waals surface area contributed by atoms with E-state index in [-0.39, 0.29) is 0 Å². The Morgan fingerprint density at radius 1 is 1.00 bits per heavy atom. The summed E-state index contributed by atoms with van der Waals surface area (Å²) in [4.78, 5) is 0. The first-order valence-corrected chi connectivity index (χ1v) is 6.41. The normalized spacial score (nSPS) is 10.8. The highest BCUT2D eigenvalue weighted by Gasteiger charge is 1.96. The van der Waals surface area contributed by atoms with Gasteiger partial charge in [0, 0.05) is 11.5 Å².